The summed E-state index contributed by atoms with van der Waals surface area (Å²) in [4.78, 5) is 24.0. The quantitative estimate of drug-likeness (QED) is 0.225. The monoisotopic (exact) mass is 482 g/mol. The summed E-state index contributed by atoms with van der Waals surface area (Å²) in [5.74, 6) is 0.783. The van der Waals surface area contributed by atoms with Gasteiger partial charge in [-0.1, -0.05) is 15.9 Å². The number of hydrazone groups is 1. The number of carbonyl (C=O) groups is 2. The molecule has 0 spiro atoms. The Morgan fingerprint density at radius 3 is 2.16 bits per heavy atom. The molecule has 1 amide bonds. The minimum absolute atomic E-state index is 0.154. The lowest BCUT2D eigenvalue weighted by atomic mass is 10.2. The highest BCUT2D eigenvalue weighted by molar-refractivity contribution is 9.10. The number of methoxy groups -OCH3 is 1. The number of rotatable bonds is 8. The molecule has 0 saturated carbocycles. The van der Waals surface area contributed by atoms with Gasteiger partial charge in [-0.3, -0.25) is 4.79 Å². The second kappa shape index (κ2) is 10.9. The number of carbonyl (C=O) groups excluding carboxylic acids is 2. The highest BCUT2D eigenvalue weighted by atomic mass is 79.9. The number of nitrogens with one attached hydrogen (secondary N) is 1. The van der Waals surface area contributed by atoms with Gasteiger partial charge in [0.2, 0.25) is 0 Å². The van der Waals surface area contributed by atoms with Crippen LogP contribution >= 0.6 is 15.9 Å². The molecule has 31 heavy (non-hydrogen) atoms. The minimum atomic E-state index is -0.470. The second-order valence-corrected chi connectivity index (χ2v) is 7.14. The van der Waals surface area contributed by atoms with Gasteiger partial charge in [0, 0.05) is 4.47 Å². The van der Waals surface area contributed by atoms with Crippen LogP contribution in [0.3, 0.4) is 0 Å². The molecule has 158 valence electrons. The number of esters is 1. The highest BCUT2D eigenvalue weighted by Crippen LogP contribution is 2.17. The molecule has 0 aliphatic carbocycles. The molecule has 0 aliphatic heterocycles. The summed E-state index contributed by atoms with van der Waals surface area (Å²) >= 11 is 3.33. The van der Waals surface area contributed by atoms with Gasteiger partial charge in [0.05, 0.1) is 18.9 Å². The van der Waals surface area contributed by atoms with E-state index in [-0.39, 0.29) is 12.5 Å². The fourth-order valence-electron chi connectivity index (χ4n) is 2.41. The van der Waals surface area contributed by atoms with Gasteiger partial charge in [0.1, 0.15) is 17.2 Å². The Hall–Kier alpha value is -3.65. The van der Waals surface area contributed by atoms with Gasteiger partial charge in [-0.25, -0.2) is 10.2 Å². The Morgan fingerprint density at radius 1 is 0.903 bits per heavy atom. The molecule has 1 N–H and O–H groups in total. The molecule has 8 heteroatoms. The molecule has 3 rings (SSSR count). The Morgan fingerprint density at radius 2 is 1.52 bits per heavy atom. The van der Waals surface area contributed by atoms with Crippen LogP contribution in [-0.4, -0.2) is 31.8 Å². The van der Waals surface area contributed by atoms with E-state index >= 15 is 0 Å². The number of amides is 1. The molecule has 0 heterocycles. The maximum absolute atomic E-state index is 12.2. The van der Waals surface area contributed by atoms with Crippen molar-refractivity contribution in [3.8, 4) is 17.2 Å². The third-order valence-corrected chi connectivity index (χ3v) is 4.53. The third kappa shape index (κ3) is 6.97. The van der Waals surface area contributed by atoms with Gasteiger partial charge >= 0.3 is 5.97 Å². The van der Waals surface area contributed by atoms with Crippen molar-refractivity contribution >= 4 is 34.0 Å². The predicted molar refractivity (Wildman–Crippen MR) is 120 cm³/mol. The lowest BCUT2D eigenvalue weighted by Crippen LogP contribution is -2.24. The minimum Gasteiger partial charge on any atom is -0.497 e. The molecular weight excluding hydrogens is 464 g/mol. The van der Waals surface area contributed by atoms with Gasteiger partial charge in [0.15, 0.2) is 6.61 Å². The number of ether oxygens (including phenoxy) is 3. The Bertz CT molecular complexity index is 1050. The third-order valence-electron chi connectivity index (χ3n) is 4.00. The summed E-state index contributed by atoms with van der Waals surface area (Å²) in [5.41, 5.74) is 3.53. The summed E-state index contributed by atoms with van der Waals surface area (Å²) in [6, 6.07) is 20.5. The van der Waals surface area contributed by atoms with E-state index in [1.54, 1.807) is 67.8 Å². The van der Waals surface area contributed by atoms with E-state index in [2.05, 4.69) is 26.5 Å². The fraction of sp³-hybridized carbons (Fsp3) is 0.0870. The Labute approximate surface area is 187 Å². The van der Waals surface area contributed by atoms with E-state index in [4.69, 9.17) is 14.2 Å². The van der Waals surface area contributed by atoms with Crippen molar-refractivity contribution in [2.75, 3.05) is 13.7 Å². The van der Waals surface area contributed by atoms with Gasteiger partial charge in [-0.2, -0.15) is 5.10 Å². The fourth-order valence-corrected chi connectivity index (χ4v) is 2.67. The summed E-state index contributed by atoms with van der Waals surface area (Å²) in [7, 11) is 1.56. The van der Waals surface area contributed by atoms with E-state index in [0.717, 1.165) is 10.0 Å². The second-order valence-electron chi connectivity index (χ2n) is 6.22. The van der Waals surface area contributed by atoms with E-state index < -0.39 is 5.97 Å². The maximum atomic E-state index is 12.2. The van der Waals surface area contributed by atoms with Gasteiger partial charge in [-0.05, 0) is 78.4 Å². The van der Waals surface area contributed by atoms with Gasteiger partial charge in [-0.15, -0.1) is 0 Å². The molecule has 0 aliphatic rings. The van der Waals surface area contributed by atoms with Gasteiger partial charge < -0.3 is 14.2 Å². The van der Waals surface area contributed by atoms with Crippen LogP contribution in [0.2, 0.25) is 0 Å². The number of halogens is 1. The van der Waals surface area contributed by atoms with Crippen LogP contribution < -0.4 is 19.6 Å². The van der Waals surface area contributed by atoms with Crippen LogP contribution in [-0.2, 0) is 4.79 Å². The zero-order valence-electron chi connectivity index (χ0n) is 16.6. The zero-order chi connectivity index (χ0) is 22.1. The topological polar surface area (TPSA) is 86.2 Å². The van der Waals surface area contributed by atoms with Crippen molar-refractivity contribution < 1.29 is 23.8 Å². The first-order chi connectivity index (χ1) is 15.0. The number of hydrogen-bond donors (Lipinski definition) is 1. The number of hydrogen-bond acceptors (Lipinski definition) is 6. The number of nitrogens with zero attached hydrogens (tertiary/aromatic N) is 1. The Balaban J connectivity index is 1.45. The number of benzene rings is 3. The molecule has 3 aromatic carbocycles. The van der Waals surface area contributed by atoms with Crippen LogP contribution in [0, 0.1) is 0 Å². The lowest BCUT2D eigenvalue weighted by molar-refractivity contribution is -0.123. The van der Waals surface area contributed by atoms with Crippen molar-refractivity contribution in [2.45, 2.75) is 0 Å². The largest absolute Gasteiger partial charge is 0.497 e. The average molecular weight is 483 g/mol. The van der Waals surface area contributed by atoms with Gasteiger partial charge in [0.25, 0.3) is 5.91 Å². The van der Waals surface area contributed by atoms with Crippen molar-refractivity contribution in [2.24, 2.45) is 5.10 Å². The van der Waals surface area contributed by atoms with Crippen LogP contribution in [0.25, 0.3) is 0 Å². The van der Waals surface area contributed by atoms with Crippen LogP contribution in [0.1, 0.15) is 15.9 Å². The van der Waals surface area contributed by atoms with Crippen molar-refractivity contribution in [1.82, 2.24) is 5.43 Å². The molecule has 0 saturated heterocycles. The van der Waals surface area contributed by atoms with E-state index in [9.17, 15) is 9.59 Å². The summed E-state index contributed by atoms with van der Waals surface area (Å²) in [6.45, 7) is -0.154. The molecular formula is C23H19BrN2O5. The van der Waals surface area contributed by atoms with E-state index in [1.807, 2.05) is 12.1 Å². The highest BCUT2D eigenvalue weighted by Gasteiger charge is 2.08. The van der Waals surface area contributed by atoms with Crippen molar-refractivity contribution in [3.63, 3.8) is 0 Å². The normalized spacial score (nSPS) is 10.5. The first kappa shape index (κ1) is 22.0. The lowest BCUT2D eigenvalue weighted by Gasteiger charge is -2.06. The van der Waals surface area contributed by atoms with Crippen molar-refractivity contribution in [3.05, 3.63) is 88.4 Å². The molecule has 3 aromatic rings. The molecule has 0 aromatic heterocycles. The maximum Gasteiger partial charge on any atom is 0.343 e. The average Bonchev–Trinajstić information content (AvgIpc) is 2.80. The Kier molecular flexibility index (Phi) is 7.78. The smallest absolute Gasteiger partial charge is 0.343 e. The predicted octanol–water partition coefficient (Wildman–Crippen LogP) is 4.21. The summed E-state index contributed by atoms with van der Waals surface area (Å²) < 4.78 is 16.7. The first-order valence-electron chi connectivity index (χ1n) is 9.20. The van der Waals surface area contributed by atoms with E-state index in [0.29, 0.717) is 22.8 Å². The summed E-state index contributed by atoms with van der Waals surface area (Å²) in [5, 5.41) is 3.89. The molecule has 0 unspecified atom stereocenters. The molecule has 0 bridgehead atoms. The van der Waals surface area contributed by atoms with Crippen molar-refractivity contribution in [1.29, 1.82) is 0 Å². The standard InChI is InChI=1S/C23H19BrN2O5/c1-29-19-10-4-17(5-11-19)23(28)31-21-8-2-16(3-9-21)14-25-26-22(27)15-30-20-12-6-18(24)7-13-20/h2-14H,15H2,1H3,(H,26,27)/b25-14+. The molecule has 0 radical (unpaired) electrons. The zero-order valence-corrected chi connectivity index (χ0v) is 18.2. The molecule has 7 nitrogen and oxygen atoms in total. The molecule has 0 fully saturated rings. The van der Waals surface area contributed by atoms with Crippen LogP contribution in [0.5, 0.6) is 17.2 Å². The SMILES string of the molecule is COc1ccc(C(=O)Oc2ccc(/C=N/NC(=O)COc3ccc(Br)cc3)cc2)cc1. The van der Waals surface area contributed by atoms with Crippen LogP contribution in [0.4, 0.5) is 0 Å². The van der Waals surface area contributed by atoms with E-state index in [1.165, 1.54) is 6.21 Å². The summed E-state index contributed by atoms with van der Waals surface area (Å²) in [6.07, 6.45) is 1.48. The molecule has 0 atom stereocenters. The van der Waals surface area contributed by atoms with Crippen LogP contribution in [0.15, 0.2) is 82.4 Å². The first-order valence-corrected chi connectivity index (χ1v) is 9.99.